The quantitative estimate of drug-likeness (QED) is 0.401. The number of aromatic nitrogens is 2. The number of benzene rings is 2. The maximum Gasteiger partial charge on any atom is 0.356 e. The highest BCUT2D eigenvalue weighted by molar-refractivity contribution is 6.11. The molecule has 6 nitrogen and oxygen atoms in total. The molecule has 0 spiro atoms. The molecule has 2 aromatic heterocycles. The van der Waals surface area contributed by atoms with E-state index in [1.807, 2.05) is 55.5 Å². The maximum atomic E-state index is 12.3. The molecule has 2 aromatic carbocycles. The third kappa shape index (κ3) is 3.73. The lowest BCUT2D eigenvalue weighted by Gasteiger charge is -2.03. The minimum atomic E-state index is -0.486. The molecule has 0 fully saturated rings. The minimum Gasteiger partial charge on any atom is -0.464 e. The lowest BCUT2D eigenvalue weighted by atomic mass is 10.1. The van der Waals surface area contributed by atoms with Crippen molar-refractivity contribution >= 4 is 45.4 Å². The van der Waals surface area contributed by atoms with Gasteiger partial charge in [-0.15, -0.1) is 0 Å². The molecule has 0 saturated carbocycles. The van der Waals surface area contributed by atoms with Crippen molar-refractivity contribution in [3.8, 4) is 0 Å². The van der Waals surface area contributed by atoms with Crippen LogP contribution < -0.4 is 5.32 Å². The monoisotopic (exact) mass is 385 g/mol. The van der Waals surface area contributed by atoms with E-state index >= 15 is 0 Å². The van der Waals surface area contributed by atoms with E-state index in [0.29, 0.717) is 11.4 Å². The average Bonchev–Trinajstić information content (AvgIpc) is 3.11. The van der Waals surface area contributed by atoms with E-state index in [4.69, 9.17) is 4.74 Å². The second kappa shape index (κ2) is 7.59. The lowest BCUT2D eigenvalue weighted by molar-refractivity contribution is -0.111. The summed E-state index contributed by atoms with van der Waals surface area (Å²) >= 11 is 0. The van der Waals surface area contributed by atoms with Crippen LogP contribution in [0.15, 0.2) is 60.7 Å². The third-order valence-electron chi connectivity index (χ3n) is 4.66. The lowest BCUT2D eigenvalue weighted by Crippen LogP contribution is -2.07. The van der Waals surface area contributed by atoms with Crippen LogP contribution in [0.3, 0.4) is 0 Å². The van der Waals surface area contributed by atoms with E-state index in [-0.39, 0.29) is 11.6 Å². The van der Waals surface area contributed by atoms with Crippen molar-refractivity contribution in [3.63, 3.8) is 0 Å². The molecule has 1 amide bonds. The molecular formula is C23H19N3O3. The van der Waals surface area contributed by atoms with Crippen molar-refractivity contribution in [1.29, 1.82) is 0 Å². The van der Waals surface area contributed by atoms with E-state index in [1.165, 1.54) is 13.2 Å². The summed E-state index contributed by atoms with van der Waals surface area (Å²) in [6.45, 7) is 1.83. The number of amides is 1. The Morgan fingerprint density at radius 1 is 1.07 bits per heavy atom. The third-order valence-corrected chi connectivity index (χ3v) is 4.66. The number of carbonyl (C=O) groups excluding carboxylic acids is 2. The van der Waals surface area contributed by atoms with Gasteiger partial charge in [-0.25, -0.2) is 9.78 Å². The second-order valence-electron chi connectivity index (χ2n) is 6.63. The number of H-pyrrole nitrogens is 1. The Balaban J connectivity index is 1.67. The zero-order chi connectivity index (χ0) is 20.4. The van der Waals surface area contributed by atoms with Crippen molar-refractivity contribution < 1.29 is 14.3 Å². The largest absolute Gasteiger partial charge is 0.464 e. The van der Waals surface area contributed by atoms with Crippen LogP contribution in [0.5, 0.6) is 0 Å². The van der Waals surface area contributed by atoms with Crippen molar-refractivity contribution in [2.24, 2.45) is 0 Å². The van der Waals surface area contributed by atoms with Gasteiger partial charge in [-0.05, 0) is 42.8 Å². The zero-order valence-corrected chi connectivity index (χ0v) is 16.0. The molecular weight excluding hydrogens is 366 g/mol. The van der Waals surface area contributed by atoms with Crippen LogP contribution in [0.2, 0.25) is 0 Å². The number of hydrogen-bond acceptors (Lipinski definition) is 4. The molecule has 4 aromatic rings. The van der Waals surface area contributed by atoms with Gasteiger partial charge in [0.1, 0.15) is 5.69 Å². The molecule has 0 radical (unpaired) electrons. The Kier molecular flexibility index (Phi) is 4.83. The van der Waals surface area contributed by atoms with Gasteiger partial charge in [0, 0.05) is 28.1 Å². The first-order valence-corrected chi connectivity index (χ1v) is 9.10. The number of hydrogen-bond donors (Lipinski definition) is 2. The van der Waals surface area contributed by atoms with Gasteiger partial charge in [0.15, 0.2) is 0 Å². The zero-order valence-electron chi connectivity index (χ0n) is 16.0. The number of aromatic amines is 1. The van der Waals surface area contributed by atoms with E-state index in [1.54, 1.807) is 12.1 Å². The highest BCUT2D eigenvalue weighted by Crippen LogP contribution is 2.30. The number of fused-ring (bicyclic) bond motifs is 3. The molecule has 2 heterocycles. The highest BCUT2D eigenvalue weighted by atomic mass is 16.5. The predicted molar refractivity (Wildman–Crippen MR) is 114 cm³/mol. The Labute approximate surface area is 167 Å². The van der Waals surface area contributed by atoms with Crippen LogP contribution in [0.25, 0.3) is 27.9 Å². The van der Waals surface area contributed by atoms with E-state index in [9.17, 15) is 9.59 Å². The first-order valence-electron chi connectivity index (χ1n) is 9.10. The van der Waals surface area contributed by atoms with Gasteiger partial charge in [-0.3, -0.25) is 4.79 Å². The first-order chi connectivity index (χ1) is 14.0. The first kappa shape index (κ1) is 18.4. The molecule has 0 bridgehead atoms. The van der Waals surface area contributed by atoms with Gasteiger partial charge >= 0.3 is 5.97 Å². The molecule has 6 heteroatoms. The molecule has 0 atom stereocenters. The number of rotatable bonds is 4. The molecule has 0 aliphatic heterocycles. The van der Waals surface area contributed by atoms with E-state index < -0.39 is 5.97 Å². The number of anilines is 1. The smallest absolute Gasteiger partial charge is 0.356 e. The SMILES string of the molecule is COC(=O)c1cc2c([nH]c3ccc(NC(=O)/C=C/c4ccccc4)cc32)c(C)n1. The van der Waals surface area contributed by atoms with Crippen LogP contribution in [-0.4, -0.2) is 29.0 Å². The number of nitrogens with zero attached hydrogens (tertiary/aromatic N) is 1. The van der Waals surface area contributed by atoms with Crippen LogP contribution in [0.4, 0.5) is 5.69 Å². The molecule has 0 aliphatic rings. The Morgan fingerprint density at radius 3 is 2.62 bits per heavy atom. The number of aryl methyl sites for hydroxylation is 1. The van der Waals surface area contributed by atoms with Gasteiger partial charge in [-0.1, -0.05) is 30.3 Å². The average molecular weight is 385 g/mol. The molecule has 2 N–H and O–H groups in total. The van der Waals surface area contributed by atoms with Crippen molar-refractivity contribution in [2.75, 3.05) is 12.4 Å². The summed E-state index contributed by atoms with van der Waals surface area (Å²) < 4.78 is 4.79. The summed E-state index contributed by atoms with van der Waals surface area (Å²) in [5.41, 5.74) is 4.31. The number of esters is 1. The number of ether oxygens (including phenoxy) is 1. The Hall–Kier alpha value is -3.93. The summed E-state index contributed by atoms with van der Waals surface area (Å²) in [5.74, 6) is -0.707. The van der Waals surface area contributed by atoms with Crippen molar-refractivity contribution in [2.45, 2.75) is 6.92 Å². The number of nitrogens with one attached hydrogen (secondary N) is 2. The van der Waals surface area contributed by atoms with Crippen molar-refractivity contribution in [1.82, 2.24) is 9.97 Å². The fraction of sp³-hybridized carbons (Fsp3) is 0.0870. The van der Waals surface area contributed by atoms with Gasteiger partial charge < -0.3 is 15.0 Å². The van der Waals surface area contributed by atoms with Crippen LogP contribution in [0.1, 0.15) is 21.7 Å². The van der Waals surface area contributed by atoms with Crippen LogP contribution >= 0.6 is 0 Å². The van der Waals surface area contributed by atoms with Crippen LogP contribution in [0, 0.1) is 6.92 Å². The van der Waals surface area contributed by atoms with Gasteiger partial charge in [0.05, 0.1) is 18.3 Å². The molecule has 144 valence electrons. The Morgan fingerprint density at radius 2 is 1.86 bits per heavy atom. The molecule has 4 rings (SSSR count). The molecule has 0 unspecified atom stereocenters. The summed E-state index contributed by atoms with van der Waals surface area (Å²) in [6, 6.07) is 16.9. The topological polar surface area (TPSA) is 84.1 Å². The minimum absolute atomic E-state index is 0.221. The predicted octanol–water partition coefficient (Wildman–Crippen LogP) is 4.46. The van der Waals surface area contributed by atoms with Gasteiger partial charge in [-0.2, -0.15) is 0 Å². The van der Waals surface area contributed by atoms with E-state index in [0.717, 1.165) is 27.4 Å². The molecule has 0 aliphatic carbocycles. The highest BCUT2D eigenvalue weighted by Gasteiger charge is 2.14. The summed E-state index contributed by atoms with van der Waals surface area (Å²) in [5, 5.41) is 4.62. The fourth-order valence-corrected chi connectivity index (χ4v) is 3.26. The summed E-state index contributed by atoms with van der Waals surface area (Å²) in [4.78, 5) is 31.8. The van der Waals surface area contributed by atoms with Gasteiger partial charge in [0.2, 0.25) is 5.91 Å². The molecule has 29 heavy (non-hydrogen) atoms. The molecule has 0 saturated heterocycles. The number of pyridine rings is 1. The van der Waals surface area contributed by atoms with Crippen molar-refractivity contribution in [3.05, 3.63) is 77.6 Å². The number of carbonyl (C=O) groups is 2. The standard InChI is InChI=1S/C23H19N3O3/c1-14-22-18(13-20(24-14)23(28)29-2)17-12-16(9-10-19(17)26-22)25-21(27)11-8-15-6-4-3-5-7-15/h3-13,26H,1-2H3,(H,25,27)/b11-8+. The maximum absolute atomic E-state index is 12.3. The van der Waals surface area contributed by atoms with E-state index in [2.05, 4.69) is 15.3 Å². The van der Waals surface area contributed by atoms with Gasteiger partial charge in [0.25, 0.3) is 0 Å². The fourth-order valence-electron chi connectivity index (χ4n) is 3.26. The summed E-state index contributed by atoms with van der Waals surface area (Å²) in [7, 11) is 1.33. The normalized spacial score (nSPS) is 11.2. The van der Waals surface area contributed by atoms with Crippen LogP contribution in [-0.2, 0) is 9.53 Å². The Bertz CT molecular complexity index is 1260. The second-order valence-corrected chi connectivity index (χ2v) is 6.63. The number of methoxy groups -OCH3 is 1. The summed E-state index contributed by atoms with van der Waals surface area (Å²) in [6.07, 6.45) is 3.26.